The summed E-state index contributed by atoms with van der Waals surface area (Å²) in [6.07, 6.45) is 0.407. The number of carbonyl (C=O) groups is 2. The van der Waals surface area contributed by atoms with E-state index >= 15 is 0 Å². The third kappa shape index (κ3) is 7.56. The van der Waals surface area contributed by atoms with Crippen molar-refractivity contribution in [1.29, 1.82) is 0 Å². The van der Waals surface area contributed by atoms with Crippen LogP contribution in [0, 0.1) is 5.92 Å². The molecular formula is C16H22BrNO4. The fraction of sp³-hybridized carbons (Fsp3) is 0.500. The standard InChI is InChI=1S/C16H22BrNO4/c1-16(2,3)22-14(19)10-18-9-12(15(20)21)8-11-4-6-13(17)7-5-11/h4-7,12,18H,8-10H2,1-3H3,(H,20,21). The van der Waals surface area contributed by atoms with Crippen LogP contribution in [0.3, 0.4) is 0 Å². The van der Waals surface area contributed by atoms with E-state index in [2.05, 4.69) is 21.2 Å². The molecule has 0 spiro atoms. The minimum atomic E-state index is -0.889. The number of rotatable bonds is 7. The number of nitrogens with one attached hydrogen (secondary N) is 1. The number of halogens is 1. The second kappa shape index (κ2) is 8.29. The highest BCUT2D eigenvalue weighted by atomic mass is 79.9. The molecule has 0 saturated heterocycles. The number of hydrogen-bond donors (Lipinski definition) is 2. The lowest BCUT2D eigenvalue weighted by Crippen LogP contribution is -2.36. The molecule has 1 aromatic rings. The Morgan fingerprint density at radius 3 is 2.36 bits per heavy atom. The van der Waals surface area contributed by atoms with Gasteiger partial charge >= 0.3 is 11.9 Å². The predicted molar refractivity (Wildman–Crippen MR) is 87.7 cm³/mol. The molecule has 2 N–H and O–H groups in total. The molecule has 0 aliphatic carbocycles. The highest BCUT2D eigenvalue weighted by Gasteiger charge is 2.20. The molecule has 1 rings (SSSR count). The normalized spacial score (nSPS) is 12.7. The van der Waals surface area contributed by atoms with Gasteiger partial charge in [0.25, 0.3) is 0 Å². The summed E-state index contributed by atoms with van der Waals surface area (Å²) in [5.41, 5.74) is 0.400. The van der Waals surface area contributed by atoms with Crippen LogP contribution in [0.4, 0.5) is 0 Å². The molecule has 122 valence electrons. The highest BCUT2D eigenvalue weighted by molar-refractivity contribution is 9.10. The summed E-state index contributed by atoms with van der Waals surface area (Å²) < 4.78 is 6.11. The molecule has 0 heterocycles. The van der Waals surface area contributed by atoms with Gasteiger partial charge in [-0.2, -0.15) is 0 Å². The van der Waals surface area contributed by atoms with Crippen LogP contribution >= 0.6 is 15.9 Å². The molecule has 0 aromatic heterocycles. The van der Waals surface area contributed by atoms with Gasteiger partial charge in [-0.15, -0.1) is 0 Å². The van der Waals surface area contributed by atoms with Crippen LogP contribution in [-0.2, 0) is 20.7 Å². The molecule has 6 heteroatoms. The third-order valence-corrected chi connectivity index (χ3v) is 3.35. The SMILES string of the molecule is CC(C)(C)OC(=O)CNCC(Cc1ccc(Br)cc1)C(=O)O. The van der Waals surface area contributed by atoms with E-state index < -0.39 is 17.5 Å². The van der Waals surface area contributed by atoms with Gasteiger partial charge in [0.15, 0.2) is 0 Å². The molecule has 0 fully saturated rings. The minimum absolute atomic E-state index is 0.00138. The summed E-state index contributed by atoms with van der Waals surface area (Å²) in [6.45, 7) is 5.58. The highest BCUT2D eigenvalue weighted by Crippen LogP contribution is 2.14. The zero-order valence-corrected chi connectivity index (χ0v) is 14.6. The summed E-state index contributed by atoms with van der Waals surface area (Å²) in [4.78, 5) is 22.9. The fourth-order valence-electron chi connectivity index (χ4n) is 1.88. The molecule has 0 bridgehead atoms. The van der Waals surface area contributed by atoms with Gasteiger partial charge < -0.3 is 15.2 Å². The van der Waals surface area contributed by atoms with E-state index in [0.29, 0.717) is 6.42 Å². The Hall–Kier alpha value is -1.40. The lowest BCUT2D eigenvalue weighted by molar-refractivity contribution is -0.154. The van der Waals surface area contributed by atoms with Gasteiger partial charge in [0.2, 0.25) is 0 Å². The van der Waals surface area contributed by atoms with Gasteiger partial charge in [-0.05, 0) is 44.9 Å². The monoisotopic (exact) mass is 371 g/mol. The van der Waals surface area contributed by atoms with E-state index in [9.17, 15) is 14.7 Å². The molecule has 1 unspecified atom stereocenters. The number of esters is 1. The Morgan fingerprint density at radius 2 is 1.86 bits per heavy atom. The van der Waals surface area contributed by atoms with Crippen LogP contribution in [0.2, 0.25) is 0 Å². The smallest absolute Gasteiger partial charge is 0.320 e. The first kappa shape index (κ1) is 18.6. The van der Waals surface area contributed by atoms with E-state index in [1.54, 1.807) is 20.8 Å². The maximum absolute atomic E-state index is 11.6. The van der Waals surface area contributed by atoms with Crippen molar-refractivity contribution >= 4 is 27.9 Å². The molecule has 0 aliphatic heterocycles. The van der Waals surface area contributed by atoms with E-state index in [4.69, 9.17) is 4.74 Å². The summed E-state index contributed by atoms with van der Waals surface area (Å²) in [6, 6.07) is 7.52. The molecule has 1 aromatic carbocycles. The molecule has 5 nitrogen and oxygen atoms in total. The van der Waals surface area contributed by atoms with Crippen molar-refractivity contribution in [3.8, 4) is 0 Å². The van der Waals surface area contributed by atoms with Crippen LogP contribution in [0.1, 0.15) is 26.3 Å². The van der Waals surface area contributed by atoms with E-state index in [-0.39, 0.29) is 19.1 Å². The number of ether oxygens (including phenoxy) is 1. The van der Waals surface area contributed by atoms with Gasteiger partial charge in [-0.1, -0.05) is 28.1 Å². The van der Waals surface area contributed by atoms with Crippen molar-refractivity contribution in [3.05, 3.63) is 34.3 Å². The van der Waals surface area contributed by atoms with Crippen molar-refractivity contribution in [2.45, 2.75) is 32.8 Å². The average molecular weight is 372 g/mol. The molecule has 0 saturated carbocycles. The molecule has 22 heavy (non-hydrogen) atoms. The summed E-state index contributed by atoms with van der Waals surface area (Å²) in [7, 11) is 0. The first-order valence-corrected chi connectivity index (χ1v) is 7.86. The van der Waals surface area contributed by atoms with Crippen LogP contribution < -0.4 is 5.32 Å². The summed E-state index contributed by atoms with van der Waals surface area (Å²) in [5, 5.41) is 12.1. The van der Waals surface area contributed by atoms with Crippen LogP contribution in [0.25, 0.3) is 0 Å². The van der Waals surface area contributed by atoms with Crippen LogP contribution in [-0.4, -0.2) is 35.7 Å². The van der Waals surface area contributed by atoms with Gasteiger partial charge in [0, 0.05) is 11.0 Å². The lowest BCUT2D eigenvalue weighted by atomic mass is 9.99. The largest absolute Gasteiger partial charge is 0.481 e. The first-order valence-electron chi connectivity index (χ1n) is 7.07. The number of carboxylic acids is 1. The first-order chi connectivity index (χ1) is 10.2. The Bertz CT molecular complexity index is 508. The van der Waals surface area contributed by atoms with Crippen molar-refractivity contribution in [2.75, 3.05) is 13.1 Å². The Morgan fingerprint density at radius 1 is 1.27 bits per heavy atom. The maximum atomic E-state index is 11.6. The van der Waals surface area contributed by atoms with Gasteiger partial charge in [0.1, 0.15) is 5.60 Å². The molecule has 0 radical (unpaired) electrons. The Balaban J connectivity index is 2.46. The third-order valence-electron chi connectivity index (χ3n) is 2.82. The van der Waals surface area contributed by atoms with Crippen molar-refractivity contribution in [3.63, 3.8) is 0 Å². The fourth-order valence-corrected chi connectivity index (χ4v) is 2.14. The van der Waals surface area contributed by atoms with Gasteiger partial charge in [0.05, 0.1) is 12.5 Å². The Kier molecular flexibility index (Phi) is 7.03. The second-order valence-electron chi connectivity index (χ2n) is 6.08. The van der Waals surface area contributed by atoms with Crippen molar-refractivity contribution in [1.82, 2.24) is 5.32 Å². The minimum Gasteiger partial charge on any atom is -0.481 e. The lowest BCUT2D eigenvalue weighted by Gasteiger charge is -2.20. The molecule has 0 aliphatic rings. The van der Waals surface area contributed by atoms with Crippen LogP contribution in [0.15, 0.2) is 28.7 Å². The quantitative estimate of drug-likeness (QED) is 0.720. The molecular weight excluding hydrogens is 350 g/mol. The van der Waals surface area contributed by atoms with Crippen molar-refractivity contribution in [2.24, 2.45) is 5.92 Å². The maximum Gasteiger partial charge on any atom is 0.320 e. The van der Waals surface area contributed by atoms with E-state index in [1.165, 1.54) is 0 Å². The van der Waals surface area contributed by atoms with E-state index in [0.717, 1.165) is 10.0 Å². The van der Waals surface area contributed by atoms with Gasteiger partial charge in [-0.3, -0.25) is 9.59 Å². The number of benzene rings is 1. The molecule has 1 atom stereocenters. The van der Waals surface area contributed by atoms with Crippen molar-refractivity contribution < 1.29 is 19.4 Å². The topological polar surface area (TPSA) is 75.6 Å². The summed E-state index contributed by atoms with van der Waals surface area (Å²) >= 11 is 3.34. The predicted octanol–water partition coefficient (Wildman–Crippen LogP) is 2.62. The number of aliphatic carboxylic acids is 1. The zero-order valence-electron chi connectivity index (χ0n) is 13.1. The average Bonchev–Trinajstić information content (AvgIpc) is 2.37. The number of hydrogen-bond acceptors (Lipinski definition) is 4. The number of carboxylic acid groups (broad SMARTS) is 1. The zero-order chi connectivity index (χ0) is 16.8. The van der Waals surface area contributed by atoms with Gasteiger partial charge in [-0.25, -0.2) is 0 Å². The Labute approximate surface area is 139 Å². The van der Waals surface area contributed by atoms with Crippen LogP contribution in [0.5, 0.6) is 0 Å². The van der Waals surface area contributed by atoms with E-state index in [1.807, 2.05) is 24.3 Å². The molecule has 0 amide bonds. The second-order valence-corrected chi connectivity index (χ2v) is 7.00. The summed E-state index contributed by atoms with van der Waals surface area (Å²) in [5.74, 6) is -1.87. The number of carbonyl (C=O) groups excluding carboxylic acids is 1.